The van der Waals surface area contributed by atoms with Crippen LogP contribution < -0.4 is 5.73 Å². The number of carbonyl (C=O) groups excluding carboxylic acids is 2. The van der Waals surface area contributed by atoms with Crippen LogP contribution >= 0.6 is 0 Å². The molecule has 0 bridgehead atoms. The quantitative estimate of drug-likeness (QED) is 0.759. The molecule has 1 rings (SSSR count). The number of rotatable bonds is 5. The Morgan fingerprint density at radius 2 is 2.19 bits per heavy atom. The number of hydrogen-bond donors (Lipinski definition) is 1. The molecule has 92 valence electrons. The van der Waals surface area contributed by atoms with Gasteiger partial charge in [0.25, 0.3) is 0 Å². The zero-order valence-electron chi connectivity index (χ0n) is 10.2. The molecule has 4 heteroatoms. The van der Waals surface area contributed by atoms with E-state index < -0.39 is 0 Å². The van der Waals surface area contributed by atoms with Gasteiger partial charge in [-0.3, -0.25) is 14.5 Å². The Kier molecular flexibility index (Phi) is 4.93. The summed E-state index contributed by atoms with van der Waals surface area (Å²) in [5, 5.41) is 0. The van der Waals surface area contributed by atoms with Gasteiger partial charge in [0, 0.05) is 13.0 Å². The molecule has 1 saturated carbocycles. The lowest BCUT2D eigenvalue weighted by atomic mass is 9.92. The SMILES string of the molecule is CC(C)CN(CC(N)=O)C1CCCCC1=O. The Bertz CT molecular complexity index is 264. The minimum Gasteiger partial charge on any atom is -0.369 e. The molecule has 1 fully saturated rings. The molecule has 0 aromatic rings. The third-order valence-corrected chi connectivity index (χ3v) is 2.92. The molecule has 4 nitrogen and oxygen atoms in total. The summed E-state index contributed by atoms with van der Waals surface area (Å²) in [5.74, 6) is 0.362. The zero-order valence-corrected chi connectivity index (χ0v) is 10.2. The van der Waals surface area contributed by atoms with Crippen LogP contribution in [0.2, 0.25) is 0 Å². The molecule has 0 aliphatic heterocycles. The molecule has 0 radical (unpaired) electrons. The van der Waals surface area contributed by atoms with Crippen molar-refractivity contribution in [1.82, 2.24) is 4.90 Å². The van der Waals surface area contributed by atoms with Crippen molar-refractivity contribution in [1.29, 1.82) is 0 Å². The van der Waals surface area contributed by atoms with Crippen molar-refractivity contribution in [3.63, 3.8) is 0 Å². The predicted molar refractivity (Wildman–Crippen MR) is 62.9 cm³/mol. The lowest BCUT2D eigenvalue weighted by molar-refractivity contribution is -0.128. The van der Waals surface area contributed by atoms with Crippen LogP contribution in [0.1, 0.15) is 39.5 Å². The van der Waals surface area contributed by atoms with E-state index in [0.717, 1.165) is 25.8 Å². The van der Waals surface area contributed by atoms with Crippen LogP contribution in [0.15, 0.2) is 0 Å². The molecular formula is C12H22N2O2. The highest BCUT2D eigenvalue weighted by atomic mass is 16.1. The molecule has 1 amide bonds. The van der Waals surface area contributed by atoms with E-state index in [1.807, 2.05) is 4.90 Å². The predicted octanol–water partition coefficient (Wildman–Crippen LogP) is 0.941. The van der Waals surface area contributed by atoms with Gasteiger partial charge in [0.2, 0.25) is 5.91 Å². The van der Waals surface area contributed by atoms with Crippen molar-refractivity contribution < 1.29 is 9.59 Å². The van der Waals surface area contributed by atoms with E-state index in [-0.39, 0.29) is 24.3 Å². The van der Waals surface area contributed by atoms with E-state index in [4.69, 9.17) is 5.73 Å². The highest BCUT2D eigenvalue weighted by Crippen LogP contribution is 2.20. The Morgan fingerprint density at radius 1 is 1.50 bits per heavy atom. The van der Waals surface area contributed by atoms with Crippen LogP contribution in [0.25, 0.3) is 0 Å². The minimum absolute atomic E-state index is 0.0800. The summed E-state index contributed by atoms with van der Waals surface area (Å²) >= 11 is 0. The Labute approximate surface area is 97.2 Å². The van der Waals surface area contributed by atoms with Crippen molar-refractivity contribution in [3.8, 4) is 0 Å². The Hall–Kier alpha value is -0.900. The summed E-state index contributed by atoms with van der Waals surface area (Å²) in [6, 6.07) is -0.0800. The second-order valence-electron chi connectivity index (χ2n) is 5.02. The van der Waals surface area contributed by atoms with Gasteiger partial charge < -0.3 is 5.73 Å². The van der Waals surface area contributed by atoms with Gasteiger partial charge in [0.15, 0.2) is 0 Å². The number of Topliss-reactive ketones (excluding diaryl/α,β-unsaturated/α-hetero) is 1. The molecule has 0 aromatic heterocycles. The van der Waals surface area contributed by atoms with Crippen LogP contribution in [-0.4, -0.2) is 35.7 Å². The van der Waals surface area contributed by atoms with Crippen molar-refractivity contribution in [2.24, 2.45) is 11.7 Å². The first-order valence-electron chi connectivity index (χ1n) is 6.05. The van der Waals surface area contributed by atoms with Gasteiger partial charge in [0.1, 0.15) is 5.78 Å². The molecule has 2 N–H and O–H groups in total. The summed E-state index contributed by atoms with van der Waals surface area (Å²) in [4.78, 5) is 24.8. The van der Waals surface area contributed by atoms with Crippen molar-refractivity contribution in [3.05, 3.63) is 0 Å². The number of ketones is 1. The molecule has 1 aliphatic rings. The Morgan fingerprint density at radius 3 is 2.69 bits per heavy atom. The molecular weight excluding hydrogens is 204 g/mol. The number of primary amides is 1. The first-order chi connectivity index (χ1) is 7.50. The van der Waals surface area contributed by atoms with Gasteiger partial charge >= 0.3 is 0 Å². The largest absolute Gasteiger partial charge is 0.369 e. The van der Waals surface area contributed by atoms with E-state index in [0.29, 0.717) is 12.3 Å². The molecule has 0 spiro atoms. The third kappa shape index (κ3) is 3.93. The lowest BCUT2D eigenvalue weighted by Gasteiger charge is -2.33. The monoisotopic (exact) mass is 226 g/mol. The molecule has 16 heavy (non-hydrogen) atoms. The first-order valence-corrected chi connectivity index (χ1v) is 6.05. The van der Waals surface area contributed by atoms with E-state index >= 15 is 0 Å². The minimum atomic E-state index is -0.348. The normalized spacial score (nSPS) is 21.8. The summed E-state index contributed by atoms with van der Waals surface area (Å²) in [6.45, 7) is 5.14. The summed E-state index contributed by atoms with van der Waals surface area (Å²) < 4.78 is 0. The highest BCUT2D eigenvalue weighted by molar-refractivity contribution is 5.85. The van der Waals surface area contributed by atoms with E-state index in [2.05, 4.69) is 13.8 Å². The number of carbonyl (C=O) groups is 2. The van der Waals surface area contributed by atoms with Gasteiger partial charge in [-0.2, -0.15) is 0 Å². The topological polar surface area (TPSA) is 63.4 Å². The number of nitrogens with zero attached hydrogens (tertiary/aromatic N) is 1. The molecule has 1 aliphatic carbocycles. The van der Waals surface area contributed by atoms with Gasteiger partial charge in [-0.05, 0) is 18.8 Å². The fraction of sp³-hybridized carbons (Fsp3) is 0.833. The molecule has 0 saturated heterocycles. The Balaban J connectivity index is 2.65. The van der Waals surface area contributed by atoms with Crippen LogP contribution in [0.5, 0.6) is 0 Å². The summed E-state index contributed by atoms with van der Waals surface area (Å²) in [5.41, 5.74) is 5.23. The molecule has 1 unspecified atom stereocenters. The van der Waals surface area contributed by atoms with Crippen molar-refractivity contribution >= 4 is 11.7 Å². The van der Waals surface area contributed by atoms with Crippen LogP contribution in [0.4, 0.5) is 0 Å². The molecule has 0 aromatic carbocycles. The maximum atomic E-state index is 11.8. The second kappa shape index (κ2) is 5.99. The number of nitrogens with two attached hydrogens (primary N) is 1. The van der Waals surface area contributed by atoms with Gasteiger partial charge in [-0.15, -0.1) is 0 Å². The van der Waals surface area contributed by atoms with Crippen molar-refractivity contribution in [2.45, 2.75) is 45.6 Å². The average molecular weight is 226 g/mol. The standard InChI is InChI=1S/C12H22N2O2/c1-9(2)7-14(8-12(13)16)10-5-3-4-6-11(10)15/h9-10H,3-8H2,1-2H3,(H2,13,16). The van der Waals surface area contributed by atoms with E-state index in [9.17, 15) is 9.59 Å². The van der Waals surface area contributed by atoms with E-state index in [1.165, 1.54) is 0 Å². The number of hydrogen-bond acceptors (Lipinski definition) is 3. The van der Waals surface area contributed by atoms with E-state index in [1.54, 1.807) is 0 Å². The first kappa shape index (κ1) is 13.2. The number of amides is 1. The maximum absolute atomic E-state index is 11.8. The van der Waals surface area contributed by atoms with Gasteiger partial charge in [0.05, 0.1) is 12.6 Å². The van der Waals surface area contributed by atoms with Crippen LogP contribution in [-0.2, 0) is 9.59 Å². The average Bonchev–Trinajstić information content (AvgIpc) is 2.15. The zero-order chi connectivity index (χ0) is 12.1. The molecule has 1 atom stereocenters. The van der Waals surface area contributed by atoms with Gasteiger partial charge in [-0.1, -0.05) is 20.3 Å². The van der Waals surface area contributed by atoms with Crippen LogP contribution in [0, 0.1) is 5.92 Å². The maximum Gasteiger partial charge on any atom is 0.231 e. The van der Waals surface area contributed by atoms with Crippen LogP contribution in [0.3, 0.4) is 0 Å². The molecule has 0 heterocycles. The second-order valence-corrected chi connectivity index (χ2v) is 5.02. The summed E-state index contributed by atoms with van der Waals surface area (Å²) in [7, 11) is 0. The fourth-order valence-electron chi connectivity index (χ4n) is 2.32. The summed E-state index contributed by atoms with van der Waals surface area (Å²) in [6.07, 6.45) is 3.59. The smallest absolute Gasteiger partial charge is 0.231 e. The third-order valence-electron chi connectivity index (χ3n) is 2.92. The highest BCUT2D eigenvalue weighted by Gasteiger charge is 2.29. The fourth-order valence-corrected chi connectivity index (χ4v) is 2.32. The van der Waals surface area contributed by atoms with Crippen molar-refractivity contribution in [2.75, 3.05) is 13.1 Å². The van der Waals surface area contributed by atoms with Gasteiger partial charge in [-0.25, -0.2) is 0 Å². The lowest BCUT2D eigenvalue weighted by Crippen LogP contribution is -2.48.